The minimum atomic E-state index is -0.0896. The number of benzene rings is 2. The molecule has 0 atom stereocenters. The van der Waals surface area contributed by atoms with E-state index in [4.69, 9.17) is 0 Å². The molecule has 1 heterocycles. The SMILES string of the molecule is CC(=O)NCCNC(=O)CCN1c2ccccc2Sc2ccccc21. The Balaban J connectivity index is 1.64. The Morgan fingerprint density at radius 3 is 2.08 bits per heavy atom. The monoisotopic (exact) mass is 355 g/mol. The van der Waals surface area contributed by atoms with Crippen molar-refractivity contribution in [2.75, 3.05) is 24.5 Å². The number of anilines is 2. The predicted molar refractivity (Wildman–Crippen MR) is 100 cm³/mol. The van der Waals surface area contributed by atoms with Gasteiger partial charge in [-0.2, -0.15) is 0 Å². The summed E-state index contributed by atoms with van der Waals surface area (Å²) in [5.41, 5.74) is 2.27. The van der Waals surface area contributed by atoms with Crippen molar-refractivity contribution in [1.29, 1.82) is 0 Å². The molecule has 2 amide bonds. The van der Waals surface area contributed by atoms with Gasteiger partial charge in [-0.05, 0) is 24.3 Å². The molecule has 130 valence electrons. The number of carbonyl (C=O) groups excluding carboxylic acids is 2. The molecule has 0 bridgehead atoms. The highest BCUT2D eigenvalue weighted by Gasteiger charge is 2.22. The summed E-state index contributed by atoms with van der Waals surface area (Å²) in [6.07, 6.45) is 0.396. The number of amides is 2. The molecule has 1 aliphatic heterocycles. The van der Waals surface area contributed by atoms with Crippen LogP contribution in [0.25, 0.3) is 0 Å². The first kappa shape index (κ1) is 17.4. The summed E-state index contributed by atoms with van der Waals surface area (Å²) in [6, 6.07) is 16.5. The van der Waals surface area contributed by atoms with Crippen LogP contribution in [0.15, 0.2) is 58.3 Å². The Hall–Kier alpha value is -2.47. The zero-order valence-electron chi connectivity index (χ0n) is 14.1. The fourth-order valence-electron chi connectivity index (χ4n) is 2.76. The molecule has 5 nitrogen and oxygen atoms in total. The van der Waals surface area contributed by atoms with Crippen LogP contribution >= 0.6 is 11.8 Å². The molecule has 2 N–H and O–H groups in total. The topological polar surface area (TPSA) is 61.4 Å². The number of nitrogens with zero attached hydrogens (tertiary/aromatic N) is 1. The normalized spacial score (nSPS) is 12.1. The molecular weight excluding hydrogens is 334 g/mol. The first-order valence-corrected chi connectivity index (χ1v) is 9.11. The minimum absolute atomic E-state index is 0.0152. The van der Waals surface area contributed by atoms with E-state index >= 15 is 0 Å². The van der Waals surface area contributed by atoms with E-state index in [1.807, 2.05) is 24.3 Å². The highest BCUT2D eigenvalue weighted by Crippen LogP contribution is 2.47. The van der Waals surface area contributed by atoms with E-state index in [0.29, 0.717) is 26.1 Å². The fraction of sp³-hybridized carbons (Fsp3) is 0.263. The van der Waals surface area contributed by atoms with Gasteiger partial charge in [-0.1, -0.05) is 36.0 Å². The molecule has 25 heavy (non-hydrogen) atoms. The Labute approximate surface area is 151 Å². The van der Waals surface area contributed by atoms with Gasteiger partial charge < -0.3 is 15.5 Å². The van der Waals surface area contributed by atoms with E-state index in [9.17, 15) is 9.59 Å². The van der Waals surface area contributed by atoms with Crippen LogP contribution in [0, 0.1) is 0 Å². The quantitative estimate of drug-likeness (QED) is 0.782. The second kappa shape index (κ2) is 8.07. The molecule has 2 aromatic carbocycles. The van der Waals surface area contributed by atoms with Gasteiger partial charge in [-0.25, -0.2) is 0 Å². The van der Waals surface area contributed by atoms with Crippen molar-refractivity contribution in [1.82, 2.24) is 10.6 Å². The highest BCUT2D eigenvalue weighted by atomic mass is 32.2. The van der Waals surface area contributed by atoms with Gasteiger partial charge in [0.25, 0.3) is 0 Å². The maximum absolute atomic E-state index is 12.1. The molecule has 0 aliphatic carbocycles. The lowest BCUT2D eigenvalue weighted by Crippen LogP contribution is -2.35. The molecule has 1 aliphatic rings. The average Bonchev–Trinajstić information content (AvgIpc) is 2.62. The van der Waals surface area contributed by atoms with Gasteiger partial charge in [0.05, 0.1) is 11.4 Å². The molecule has 0 radical (unpaired) electrons. The molecule has 0 saturated heterocycles. The van der Waals surface area contributed by atoms with Gasteiger partial charge in [0.1, 0.15) is 0 Å². The standard InChI is InChI=1S/C19H21N3O2S/c1-14(23)20-11-12-21-19(24)10-13-22-15-6-2-4-8-17(15)25-18-9-5-3-7-16(18)22/h2-9H,10-13H2,1H3,(H,20,23)(H,21,24). The predicted octanol–water partition coefficient (Wildman–Crippen LogP) is 2.93. The average molecular weight is 355 g/mol. The maximum Gasteiger partial charge on any atom is 0.221 e. The molecule has 6 heteroatoms. The summed E-state index contributed by atoms with van der Waals surface area (Å²) in [6.45, 7) is 2.97. The van der Waals surface area contributed by atoms with Crippen molar-refractivity contribution < 1.29 is 9.59 Å². The molecule has 0 saturated carbocycles. The molecule has 0 unspecified atom stereocenters. The van der Waals surface area contributed by atoms with Gasteiger partial charge in [0.2, 0.25) is 11.8 Å². The number of hydrogen-bond acceptors (Lipinski definition) is 4. The van der Waals surface area contributed by atoms with Gasteiger partial charge in [0.15, 0.2) is 0 Å². The van der Waals surface area contributed by atoms with Crippen LogP contribution in [0.4, 0.5) is 11.4 Å². The summed E-state index contributed by atoms with van der Waals surface area (Å²) in [7, 11) is 0. The van der Waals surface area contributed by atoms with Crippen LogP contribution in [-0.2, 0) is 9.59 Å². The first-order valence-electron chi connectivity index (χ1n) is 8.30. The van der Waals surface area contributed by atoms with Crippen LogP contribution in [0.3, 0.4) is 0 Å². The number of nitrogens with one attached hydrogen (secondary N) is 2. The van der Waals surface area contributed by atoms with E-state index in [-0.39, 0.29) is 11.8 Å². The third kappa shape index (κ3) is 4.33. The molecule has 0 aromatic heterocycles. The number of hydrogen-bond donors (Lipinski definition) is 2. The van der Waals surface area contributed by atoms with E-state index in [0.717, 1.165) is 11.4 Å². The number of fused-ring (bicyclic) bond motifs is 2. The third-order valence-corrected chi connectivity index (χ3v) is 5.05. The van der Waals surface area contributed by atoms with Gasteiger partial charge in [-0.15, -0.1) is 0 Å². The minimum Gasteiger partial charge on any atom is -0.355 e. The summed E-state index contributed by atoms with van der Waals surface area (Å²) in [5.74, 6) is -0.105. The molecular formula is C19H21N3O2S. The van der Waals surface area contributed by atoms with Crippen molar-refractivity contribution in [2.24, 2.45) is 0 Å². The number of rotatable bonds is 6. The highest BCUT2D eigenvalue weighted by molar-refractivity contribution is 7.99. The lowest BCUT2D eigenvalue weighted by Gasteiger charge is -2.32. The van der Waals surface area contributed by atoms with Gasteiger partial charge >= 0.3 is 0 Å². The Bertz CT molecular complexity index is 733. The lowest BCUT2D eigenvalue weighted by molar-refractivity contribution is -0.122. The second-order valence-electron chi connectivity index (χ2n) is 5.77. The zero-order valence-corrected chi connectivity index (χ0v) is 14.9. The summed E-state index contributed by atoms with van der Waals surface area (Å²) >= 11 is 1.76. The summed E-state index contributed by atoms with van der Waals surface area (Å²) in [4.78, 5) is 27.5. The van der Waals surface area contributed by atoms with Crippen LogP contribution in [0.5, 0.6) is 0 Å². The van der Waals surface area contributed by atoms with Crippen molar-refractivity contribution in [2.45, 2.75) is 23.1 Å². The van der Waals surface area contributed by atoms with Gasteiger partial charge in [0, 0.05) is 42.8 Å². The fourth-order valence-corrected chi connectivity index (χ4v) is 3.86. The Morgan fingerprint density at radius 2 is 1.48 bits per heavy atom. The zero-order chi connectivity index (χ0) is 17.6. The van der Waals surface area contributed by atoms with Crippen molar-refractivity contribution in [3.05, 3.63) is 48.5 Å². The van der Waals surface area contributed by atoms with E-state index in [2.05, 4.69) is 39.8 Å². The summed E-state index contributed by atoms with van der Waals surface area (Å²) in [5, 5.41) is 5.51. The van der Waals surface area contributed by atoms with Crippen molar-refractivity contribution >= 4 is 35.0 Å². The Kier molecular flexibility index (Phi) is 5.60. The van der Waals surface area contributed by atoms with E-state index in [1.165, 1.54) is 16.7 Å². The first-order chi connectivity index (χ1) is 12.1. The smallest absolute Gasteiger partial charge is 0.221 e. The Morgan fingerprint density at radius 1 is 0.920 bits per heavy atom. The van der Waals surface area contributed by atoms with Gasteiger partial charge in [-0.3, -0.25) is 9.59 Å². The molecule has 0 spiro atoms. The molecule has 0 fully saturated rings. The van der Waals surface area contributed by atoms with Crippen molar-refractivity contribution in [3.8, 4) is 0 Å². The van der Waals surface area contributed by atoms with Crippen LogP contribution in [-0.4, -0.2) is 31.4 Å². The van der Waals surface area contributed by atoms with Crippen LogP contribution < -0.4 is 15.5 Å². The van der Waals surface area contributed by atoms with Crippen molar-refractivity contribution in [3.63, 3.8) is 0 Å². The second-order valence-corrected chi connectivity index (χ2v) is 6.86. The van der Waals surface area contributed by atoms with E-state index in [1.54, 1.807) is 11.8 Å². The van der Waals surface area contributed by atoms with Crippen LogP contribution in [0.1, 0.15) is 13.3 Å². The third-order valence-electron chi connectivity index (χ3n) is 3.92. The van der Waals surface area contributed by atoms with E-state index < -0.39 is 0 Å². The summed E-state index contributed by atoms with van der Waals surface area (Å²) < 4.78 is 0. The maximum atomic E-state index is 12.1. The number of para-hydroxylation sites is 2. The molecule has 2 aromatic rings. The molecule has 3 rings (SSSR count). The largest absolute Gasteiger partial charge is 0.355 e. The number of carbonyl (C=O) groups is 2. The van der Waals surface area contributed by atoms with Crippen LogP contribution in [0.2, 0.25) is 0 Å². The lowest BCUT2D eigenvalue weighted by atomic mass is 10.2.